The van der Waals surface area contributed by atoms with Crippen molar-refractivity contribution in [2.45, 2.75) is 6.04 Å². The molecule has 1 unspecified atom stereocenters. The fourth-order valence-corrected chi connectivity index (χ4v) is 4.53. The highest BCUT2D eigenvalue weighted by Gasteiger charge is 2.47. The van der Waals surface area contributed by atoms with Gasteiger partial charge in [0.25, 0.3) is 11.7 Å². The first-order chi connectivity index (χ1) is 17.0. The third-order valence-electron chi connectivity index (χ3n) is 6.15. The van der Waals surface area contributed by atoms with E-state index in [0.717, 1.165) is 10.8 Å². The van der Waals surface area contributed by atoms with Gasteiger partial charge < -0.3 is 9.84 Å². The quantitative estimate of drug-likeness (QED) is 0.193. The van der Waals surface area contributed by atoms with Gasteiger partial charge in [0.05, 0.1) is 24.3 Å². The topological polar surface area (TPSA) is 83.9 Å². The Kier molecular flexibility index (Phi) is 5.63. The minimum atomic E-state index is -0.886. The molecule has 0 radical (unpaired) electrons. The number of ether oxygens (including phenoxy) is 1. The van der Waals surface area contributed by atoms with Crippen LogP contribution in [0.25, 0.3) is 16.5 Å². The maximum absolute atomic E-state index is 13.4. The van der Waals surface area contributed by atoms with Crippen LogP contribution in [0.5, 0.6) is 0 Å². The molecular formula is C29H21NO5. The number of ketones is 1. The first kappa shape index (κ1) is 22.1. The molecule has 0 spiro atoms. The van der Waals surface area contributed by atoms with E-state index in [4.69, 9.17) is 4.74 Å². The number of amides is 1. The summed E-state index contributed by atoms with van der Waals surface area (Å²) >= 11 is 0. The Balaban J connectivity index is 1.75. The summed E-state index contributed by atoms with van der Waals surface area (Å²) in [7, 11) is 1.27. The Hall–Kier alpha value is -4.71. The molecule has 1 fully saturated rings. The van der Waals surface area contributed by atoms with E-state index in [1.54, 1.807) is 54.6 Å². The molecular weight excluding hydrogens is 442 g/mol. The number of carbonyl (C=O) groups excluding carboxylic acids is 3. The highest BCUT2D eigenvalue weighted by atomic mass is 16.5. The van der Waals surface area contributed by atoms with E-state index in [9.17, 15) is 19.5 Å². The summed E-state index contributed by atoms with van der Waals surface area (Å²) in [6, 6.07) is 27.4. The van der Waals surface area contributed by atoms with Crippen molar-refractivity contribution in [3.05, 3.63) is 119 Å². The van der Waals surface area contributed by atoms with E-state index in [2.05, 4.69) is 0 Å². The molecule has 1 N–H and O–H groups in total. The molecule has 6 heteroatoms. The Morgan fingerprint density at radius 1 is 0.857 bits per heavy atom. The van der Waals surface area contributed by atoms with Crippen LogP contribution in [0.3, 0.4) is 0 Å². The largest absolute Gasteiger partial charge is 0.507 e. The van der Waals surface area contributed by atoms with Gasteiger partial charge in [-0.1, -0.05) is 78.9 Å². The van der Waals surface area contributed by atoms with E-state index in [-0.39, 0.29) is 16.9 Å². The molecule has 0 aromatic heterocycles. The van der Waals surface area contributed by atoms with Crippen LogP contribution in [0.2, 0.25) is 0 Å². The predicted molar refractivity (Wildman–Crippen MR) is 133 cm³/mol. The van der Waals surface area contributed by atoms with E-state index in [1.165, 1.54) is 18.1 Å². The van der Waals surface area contributed by atoms with Crippen molar-refractivity contribution >= 4 is 39.9 Å². The fourth-order valence-electron chi connectivity index (χ4n) is 4.53. The number of hydrogen-bond donors (Lipinski definition) is 1. The summed E-state index contributed by atoms with van der Waals surface area (Å²) in [6.45, 7) is 0. The normalized spacial score (nSPS) is 17.1. The number of carbonyl (C=O) groups is 3. The van der Waals surface area contributed by atoms with Crippen molar-refractivity contribution in [2.75, 3.05) is 12.0 Å². The zero-order valence-corrected chi connectivity index (χ0v) is 18.8. The van der Waals surface area contributed by atoms with Gasteiger partial charge in [0.2, 0.25) is 0 Å². The van der Waals surface area contributed by atoms with Crippen molar-refractivity contribution in [3.63, 3.8) is 0 Å². The molecule has 1 amide bonds. The number of methoxy groups -OCH3 is 1. The summed E-state index contributed by atoms with van der Waals surface area (Å²) < 4.78 is 4.81. The first-order valence-electron chi connectivity index (χ1n) is 11.0. The van der Waals surface area contributed by atoms with Crippen molar-refractivity contribution in [1.29, 1.82) is 0 Å². The van der Waals surface area contributed by atoms with E-state index < -0.39 is 23.7 Å². The number of rotatable bonds is 4. The smallest absolute Gasteiger partial charge is 0.337 e. The van der Waals surface area contributed by atoms with E-state index >= 15 is 0 Å². The molecule has 1 aliphatic heterocycles. The summed E-state index contributed by atoms with van der Waals surface area (Å²) in [5.74, 6) is -2.40. The number of anilines is 1. The van der Waals surface area contributed by atoms with Crippen molar-refractivity contribution in [3.8, 4) is 0 Å². The van der Waals surface area contributed by atoms with E-state index in [0.29, 0.717) is 16.8 Å². The van der Waals surface area contributed by atoms with Crippen molar-refractivity contribution < 1.29 is 24.2 Å². The van der Waals surface area contributed by atoms with Gasteiger partial charge in [0.15, 0.2) is 0 Å². The molecule has 4 aromatic carbocycles. The maximum atomic E-state index is 13.4. The zero-order chi connectivity index (χ0) is 24.5. The van der Waals surface area contributed by atoms with E-state index in [1.807, 2.05) is 36.4 Å². The molecule has 1 aliphatic rings. The Morgan fingerprint density at radius 3 is 2.31 bits per heavy atom. The average molecular weight is 463 g/mol. The Labute approximate surface area is 201 Å². The molecule has 6 nitrogen and oxygen atoms in total. The van der Waals surface area contributed by atoms with Crippen LogP contribution in [0.1, 0.15) is 27.5 Å². The maximum Gasteiger partial charge on any atom is 0.337 e. The second-order valence-corrected chi connectivity index (χ2v) is 8.15. The summed E-state index contributed by atoms with van der Waals surface area (Å²) in [5.41, 5.74) is 1.69. The Bertz CT molecular complexity index is 1500. The first-order valence-corrected chi connectivity index (χ1v) is 11.0. The van der Waals surface area contributed by atoms with Gasteiger partial charge in [-0.05, 0) is 34.5 Å². The SMILES string of the molecule is COC(=O)c1cccc(N2C(=O)C(=O)/C(=C(\O)c3cccc4ccccc34)C2c2ccccc2)c1. The lowest BCUT2D eigenvalue weighted by molar-refractivity contribution is -0.132. The van der Waals surface area contributed by atoms with Crippen LogP contribution in [-0.2, 0) is 14.3 Å². The molecule has 172 valence electrons. The van der Waals surface area contributed by atoms with Gasteiger partial charge in [-0.3, -0.25) is 14.5 Å². The number of esters is 1. The molecule has 4 aromatic rings. The molecule has 5 rings (SSSR count). The van der Waals surface area contributed by atoms with Crippen LogP contribution in [-0.4, -0.2) is 29.9 Å². The predicted octanol–water partition coefficient (Wildman–Crippen LogP) is 5.25. The van der Waals surface area contributed by atoms with Crippen LogP contribution in [0.4, 0.5) is 5.69 Å². The third kappa shape index (κ3) is 3.75. The van der Waals surface area contributed by atoms with Crippen LogP contribution >= 0.6 is 0 Å². The lowest BCUT2D eigenvalue weighted by Crippen LogP contribution is -2.29. The molecule has 0 bridgehead atoms. The molecule has 35 heavy (non-hydrogen) atoms. The van der Waals surface area contributed by atoms with Crippen LogP contribution in [0.15, 0.2) is 103 Å². The van der Waals surface area contributed by atoms with Gasteiger partial charge in [-0.25, -0.2) is 4.79 Å². The number of aliphatic hydroxyl groups is 1. The standard InChI is InChI=1S/C29H21NO5/c1-35-29(34)20-13-7-14-21(17-20)30-25(19-10-3-2-4-11-19)24(27(32)28(30)33)26(31)23-16-8-12-18-9-5-6-15-22(18)23/h2-17,25,31H,1H3/b26-24-. The number of fused-ring (bicyclic) bond motifs is 1. The second-order valence-electron chi connectivity index (χ2n) is 8.15. The fraction of sp³-hybridized carbons (Fsp3) is 0.0690. The summed E-state index contributed by atoms with van der Waals surface area (Å²) in [6.07, 6.45) is 0. The number of nitrogens with zero attached hydrogens (tertiary/aromatic N) is 1. The number of benzene rings is 4. The van der Waals surface area contributed by atoms with Gasteiger partial charge in [0.1, 0.15) is 5.76 Å². The van der Waals surface area contributed by atoms with Gasteiger partial charge >= 0.3 is 5.97 Å². The third-order valence-corrected chi connectivity index (χ3v) is 6.15. The lowest BCUT2D eigenvalue weighted by Gasteiger charge is -2.25. The van der Waals surface area contributed by atoms with Gasteiger partial charge in [-0.15, -0.1) is 0 Å². The minimum Gasteiger partial charge on any atom is -0.507 e. The molecule has 0 saturated carbocycles. The van der Waals surface area contributed by atoms with Gasteiger partial charge in [-0.2, -0.15) is 0 Å². The molecule has 1 heterocycles. The number of aliphatic hydroxyl groups excluding tert-OH is 1. The number of Topliss-reactive ketones (excluding diaryl/α,β-unsaturated/α-hetero) is 1. The van der Waals surface area contributed by atoms with Crippen LogP contribution < -0.4 is 4.90 Å². The van der Waals surface area contributed by atoms with Crippen LogP contribution in [0, 0.1) is 0 Å². The van der Waals surface area contributed by atoms with Gasteiger partial charge in [0, 0.05) is 11.3 Å². The number of hydrogen-bond acceptors (Lipinski definition) is 5. The average Bonchev–Trinajstić information content (AvgIpc) is 3.18. The Morgan fingerprint density at radius 2 is 1.54 bits per heavy atom. The monoisotopic (exact) mass is 463 g/mol. The molecule has 1 saturated heterocycles. The second kappa shape index (κ2) is 8.91. The molecule has 0 aliphatic carbocycles. The molecule has 1 atom stereocenters. The van der Waals surface area contributed by atoms with Crippen molar-refractivity contribution in [1.82, 2.24) is 0 Å². The highest BCUT2D eigenvalue weighted by molar-refractivity contribution is 6.51. The minimum absolute atomic E-state index is 0.0129. The zero-order valence-electron chi connectivity index (χ0n) is 18.8. The van der Waals surface area contributed by atoms with Crippen molar-refractivity contribution in [2.24, 2.45) is 0 Å². The summed E-state index contributed by atoms with van der Waals surface area (Å²) in [5, 5.41) is 13.1. The highest BCUT2D eigenvalue weighted by Crippen LogP contribution is 2.43. The lowest BCUT2D eigenvalue weighted by atomic mass is 9.93. The summed E-state index contributed by atoms with van der Waals surface area (Å²) in [4.78, 5) is 40.2.